The van der Waals surface area contributed by atoms with Crippen LogP contribution in [-0.2, 0) is 10.4 Å². The summed E-state index contributed by atoms with van der Waals surface area (Å²) in [5.41, 5.74) is -0.0577. The highest BCUT2D eigenvalue weighted by molar-refractivity contribution is 5.80. The molecule has 2 rings (SSSR count). The van der Waals surface area contributed by atoms with Gasteiger partial charge in [0.1, 0.15) is 22.9 Å². The SMILES string of the molecule is Cc1cc(C(C)(O)CNC(=O)CNc2cccc(F)c2)c(C)o1. The Morgan fingerprint density at radius 3 is 2.70 bits per heavy atom. The van der Waals surface area contributed by atoms with Gasteiger partial charge < -0.3 is 20.2 Å². The van der Waals surface area contributed by atoms with E-state index >= 15 is 0 Å². The topological polar surface area (TPSA) is 74.5 Å². The van der Waals surface area contributed by atoms with Gasteiger partial charge in [0, 0.05) is 11.3 Å². The summed E-state index contributed by atoms with van der Waals surface area (Å²) in [5.74, 6) is 0.660. The normalized spacial score (nSPS) is 13.4. The van der Waals surface area contributed by atoms with Crippen molar-refractivity contribution in [2.75, 3.05) is 18.4 Å². The van der Waals surface area contributed by atoms with Gasteiger partial charge >= 0.3 is 0 Å². The van der Waals surface area contributed by atoms with Crippen LogP contribution in [-0.4, -0.2) is 24.1 Å². The lowest BCUT2D eigenvalue weighted by atomic mass is 9.96. The third-order valence-electron chi connectivity index (χ3n) is 3.53. The van der Waals surface area contributed by atoms with Crippen LogP contribution in [0.1, 0.15) is 24.0 Å². The lowest BCUT2D eigenvalue weighted by molar-refractivity contribution is -0.120. The van der Waals surface area contributed by atoms with Crippen LogP contribution in [0.15, 0.2) is 34.7 Å². The summed E-state index contributed by atoms with van der Waals surface area (Å²) in [7, 11) is 0. The highest BCUT2D eigenvalue weighted by Gasteiger charge is 2.28. The van der Waals surface area contributed by atoms with E-state index in [9.17, 15) is 14.3 Å². The van der Waals surface area contributed by atoms with Crippen molar-refractivity contribution < 1.29 is 18.7 Å². The zero-order chi connectivity index (χ0) is 17.0. The number of benzene rings is 1. The molecule has 1 unspecified atom stereocenters. The Morgan fingerprint density at radius 2 is 2.09 bits per heavy atom. The van der Waals surface area contributed by atoms with Crippen molar-refractivity contribution in [3.8, 4) is 0 Å². The predicted octanol–water partition coefficient (Wildman–Crippen LogP) is 2.47. The first-order valence-corrected chi connectivity index (χ1v) is 7.34. The van der Waals surface area contributed by atoms with Gasteiger partial charge in [-0.15, -0.1) is 0 Å². The van der Waals surface area contributed by atoms with E-state index in [4.69, 9.17) is 4.42 Å². The van der Waals surface area contributed by atoms with Crippen molar-refractivity contribution in [3.05, 3.63) is 53.2 Å². The first kappa shape index (κ1) is 17.0. The minimum absolute atomic E-state index is 0.0110. The molecule has 0 aliphatic rings. The molecular weight excluding hydrogens is 299 g/mol. The molecule has 5 nitrogen and oxygen atoms in total. The molecular formula is C17H21FN2O3. The number of carbonyl (C=O) groups excluding carboxylic acids is 1. The highest BCUT2D eigenvalue weighted by Crippen LogP contribution is 2.26. The second-order valence-corrected chi connectivity index (χ2v) is 5.74. The number of amides is 1. The van der Waals surface area contributed by atoms with Crippen LogP contribution in [0.25, 0.3) is 0 Å². The molecule has 0 saturated carbocycles. The molecule has 1 aromatic heterocycles. The molecule has 3 N–H and O–H groups in total. The fraction of sp³-hybridized carbons (Fsp3) is 0.353. The second-order valence-electron chi connectivity index (χ2n) is 5.74. The van der Waals surface area contributed by atoms with Crippen LogP contribution in [0, 0.1) is 19.7 Å². The first-order valence-electron chi connectivity index (χ1n) is 7.34. The summed E-state index contributed by atoms with van der Waals surface area (Å²) in [4.78, 5) is 11.9. The smallest absolute Gasteiger partial charge is 0.239 e. The molecule has 23 heavy (non-hydrogen) atoms. The van der Waals surface area contributed by atoms with E-state index in [1.165, 1.54) is 12.1 Å². The van der Waals surface area contributed by atoms with E-state index in [0.29, 0.717) is 22.8 Å². The van der Waals surface area contributed by atoms with Gasteiger partial charge in [-0.1, -0.05) is 6.07 Å². The lowest BCUT2D eigenvalue weighted by Crippen LogP contribution is -2.41. The number of anilines is 1. The Kier molecular flexibility index (Phi) is 5.05. The van der Waals surface area contributed by atoms with Gasteiger partial charge in [-0.3, -0.25) is 4.79 Å². The van der Waals surface area contributed by atoms with Crippen molar-refractivity contribution in [1.29, 1.82) is 0 Å². The third-order valence-corrected chi connectivity index (χ3v) is 3.53. The number of halogens is 1. The maximum absolute atomic E-state index is 13.0. The maximum atomic E-state index is 13.0. The molecule has 0 fully saturated rings. The van der Waals surface area contributed by atoms with Crippen LogP contribution < -0.4 is 10.6 Å². The number of rotatable bonds is 6. The molecule has 0 bridgehead atoms. The zero-order valence-corrected chi connectivity index (χ0v) is 13.4. The minimum atomic E-state index is -1.23. The Balaban J connectivity index is 1.87. The first-order chi connectivity index (χ1) is 10.8. The van der Waals surface area contributed by atoms with Crippen LogP contribution in [0.2, 0.25) is 0 Å². The van der Waals surface area contributed by atoms with Crippen LogP contribution in [0.3, 0.4) is 0 Å². The van der Waals surface area contributed by atoms with Gasteiger partial charge in [-0.2, -0.15) is 0 Å². The quantitative estimate of drug-likeness (QED) is 0.764. The molecule has 0 aliphatic heterocycles. The van der Waals surface area contributed by atoms with E-state index < -0.39 is 5.60 Å². The number of carbonyl (C=O) groups is 1. The van der Waals surface area contributed by atoms with Crippen molar-refractivity contribution in [2.24, 2.45) is 0 Å². The summed E-state index contributed by atoms with van der Waals surface area (Å²) < 4.78 is 18.4. The third kappa shape index (κ3) is 4.56. The Labute approximate surface area is 134 Å². The fourth-order valence-electron chi connectivity index (χ4n) is 2.37. The Morgan fingerprint density at radius 1 is 1.35 bits per heavy atom. The van der Waals surface area contributed by atoms with E-state index in [-0.39, 0.29) is 24.8 Å². The van der Waals surface area contributed by atoms with Gasteiger partial charge in [-0.25, -0.2) is 4.39 Å². The summed E-state index contributed by atoms with van der Waals surface area (Å²) in [5, 5.41) is 16.0. The molecule has 1 amide bonds. The number of hydrogen-bond donors (Lipinski definition) is 3. The maximum Gasteiger partial charge on any atom is 0.239 e. The van der Waals surface area contributed by atoms with E-state index in [2.05, 4.69) is 10.6 Å². The molecule has 2 aromatic rings. The van der Waals surface area contributed by atoms with Crippen molar-refractivity contribution in [3.63, 3.8) is 0 Å². The molecule has 0 aliphatic carbocycles. The van der Waals surface area contributed by atoms with Gasteiger partial charge in [0.15, 0.2) is 0 Å². The van der Waals surface area contributed by atoms with Crippen LogP contribution in [0.4, 0.5) is 10.1 Å². The summed E-state index contributed by atoms with van der Waals surface area (Å²) in [6.07, 6.45) is 0. The number of hydrogen-bond acceptors (Lipinski definition) is 4. The number of aliphatic hydroxyl groups is 1. The molecule has 124 valence electrons. The van der Waals surface area contributed by atoms with Crippen molar-refractivity contribution in [1.82, 2.24) is 5.32 Å². The molecule has 1 atom stereocenters. The molecule has 0 spiro atoms. The van der Waals surface area contributed by atoms with Crippen LogP contribution >= 0.6 is 0 Å². The van der Waals surface area contributed by atoms with Gasteiger partial charge in [0.2, 0.25) is 5.91 Å². The molecule has 1 aromatic carbocycles. The van der Waals surface area contributed by atoms with E-state index in [1.807, 2.05) is 0 Å². The van der Waals surface area contributed by atoms with Crippen LogP contribution in [0.5, 0.6) is 0 Å². The number of aryl methyl sites for hydroxylation is 2. The molecule has 0 saturated heterocycles. The minimum Gasteiger partial charge on any atom is -0.466 e. The van der Waals surface area contributed by atoms with Gasteiger partial charge in [-0.05, 0) is 45.0 Å². The summed E-state index contributed by atoms with van der Waals surface area (Å²) in [6, 6.07) is 7.62. The van der Waals surface area contributed by atoms with E-state index in [0.717, 1.165) is 0 Å². The average molecular weight is 320 g/mol. The van der Waals surface area contributed by atoms with Gasteiger partial charge in [0.05, 0.1) is 13.1 Å². The van der Waals surface area contributed by atoms with E-state index in [1.54, 1.807) is 39.0 Å². The average Bonchev–Trinajstić information content (AvgIpc) is 2.83. The molecule has 1 heterocycles. The Hall–Kier alpha value is -2.34. The Bertz CT molecular complexity index is 695. The second kappa shape index (κ2) is 6.83. The zero-order valence-electron chi connectivity index (χ0n) is 13.4. The monoisotopic (exact) mass is 320 g/mol. The standard InChI is InChI=1S/C17H21FN2O3/c1-11-7-15(12(2)23-11)17(3,22)10-20-16(21)9-19-14-6-4-5-13(18)8-14/h4-8,19,22H,9-10H2,1-3H3,(H,20,21). The van der Waals surface area contributed by atoms with Crippen molar-refractivity contribution >= 4 is 11.6 Å². The predicted molar refractivity (Wildman–Crippen MR) is 85.7 cm³/mol. The van der Waals surface area contributed by atoms with Gasteiger partial charge in [0.25, 0.3) is 0 Å². The lowest BCUT2D eigenvalue weighted by Gasteiger charge is -2.23. The highest BCUT2D eigenvalue weighted by atomic mass is 19.1. The van der Waals surface area contributed by atoms with Crippen molar-refractivity contribution in [2.45, 2.75) is 26.4 Å². The fourth-order valence-corrected chi connectivity index (χ4v) is 2.37. The molecule has 6 heteroatoms. The molecule has 0 radical (unpaired) electrons. The number of nitrogens with one attached hydrogen (secondary N) is 2. The largest absolute Gasteiger partial charge is 0.466 e. The summed E-state index contributed by atoms with van der Waals surface area (Å²) >= 11 is 0. The number of furan rings is 1. The summed E-state index contributed by atoms with van der Waals surface area (Å²) in [6.45, 7) is 5.22.